The highest BCUT2D eigenvalue weighted by atomic mass is 16.3. The van der Waals surface area contributed by atoms with Crippen molar-refractivity contribution in [3.05, 3.63) is 77.7 Å². The van der Waals surface area contributed by atoms with Gasteiger partial charge in [0.1, 0.15) is 5.58 Å². The van der Waals surface area contributed by atoms with Gasteiger partial charge in [0.15, 0.2) is 0 Å². The molecule has 1 aliphatic rings. The normalized spacial score (nSPS) is 13.7. The first kappa shape index (κ1) is 15.9. The van der Waals surface area contributed by atoms with Gasteiger partial charge in [-0.2, -0.15) is 5.10 Å². The molecule has 0 fully saturated rings. The van der Waals surface area contributed by atoms with Crippen molar-refractivity contribution in [2.75, 3.05) is 6.54 Å². The maximum absolute atomic E-state index is 13.0. The molecule has 0 aliphatic carbocycles. The highest BCUT2D eigenvalue weighted by molar-refractivity contribution is 5.97. The minimum Gasteiger partial charge on any atom is -0.464 e. The first-order chi connectivity index (χ1) is 13.2. The zero-order chi connectivity index (χ0) is 18.4. The fraction of sp³-hybridized carbons (Fsp3) is 0.182. The Morgan fingerprint density at radius 2 is 1.96 bits per heavy atom. The predicted molar refractivity (Wildman–Crippen MR) is 103 cm³/mol. The average molecular weight is 357 g/mol. The van der Waals surface area contributed by atoms with Crippen LogP contribution in [0.1, 0.15) is 21.6 Å². The number of nitrogens with zero attached hydrogens (tertiary/aromatic N) is 3. The zero-order valence-electron chi connectivity index (χ0n) is 15.1. The van der Waals surface area contributed by atoms with Gasteiger partial charge >= 0.3 is 0 Å². The summed E-state index contributed by atoms with van der Waals surface area (Å²) in [4.78, 5) is 14.9. The van der Waals surface area contributed by atoms with Crippen LogP contribution in [-0.4, -0.2) is 27.1 Å². The van der Waals surface area contributed by atoms with Gasteiger partial charge in [0.25, 0.3) is 5.91 Å². The summed E-state index contributed by atoms with van der Waals surface area (Å²) in [5.74, 6) is 0.0377. The third kappa shape index (κ3) is 2.63. The molecule has 0 unspecified atom stereocenters. The summed E-state index contributed by atoms with van der Waals surface area (Å²) in [6.45, 7) is 1.24. The van der Waals surface area contributed by atoms with Crippen LogP contribution < -0.4 is 0 Å². The van der Waals surface area contributed by atoms with Crippen molar-refractivity contribution >= 4 is 16.9 Å². The molecule has 0 N–H and O–H groups in total. The van der Waals surface area contributed by atoms with Crippen molar-refractivity contribution in [2.24, 2.45) is 7.05 Å². The van der Waals surface area contributed by atoms with Gasteiger partial charge in [-0.1, -0.05) is 30.3 Å². The third-order valence-electron chi connectivity index (χ3n) is 5.23. The molecule has 4 aromatic rings. The number of carbonyl (C=O) groups excluding carboxylic acids is 1. The maximum atomic E-state index is 13.0. The van der Waals surface area contributed by atoms with Crippen molar-refractivity contribution in [3.63, 3.8) is 0 Å². The van der Waals surface area contributed by atoms with E-state index in [1.807, 2.05) is 59.1 Å². The fourth-order valence-corrected chi connectivity index (χ4v) is 3.93. The van der Waals surface area contributed by atoms with Crippen LogP contribution in [0.5, 0.6) is 0 Å². The molecule has 0 saturated heterocycles. The van der Waals surface area contributed by atoms with Crippen molar-refractivity contribution in [3.8, 4) is 11.3 Å². The predicted octanol–water partition coefficient (Wildman–Crippen LogP) is 4.03. The van der Waals surface area contributed by atoms with E-state index in [0.29, 0.717) is 18.7 Å². The first-order valence-electron chi connectivity index (χ1n) is 9.07. The van der Waals surface area contributed by atoms with E-state index in [4.69, 9.17) is 9.52 Å². The number of benzene rings is 2. The minimum atomic E-state index is 0.0377. The monoisotopic (exact) mass is 357 g/mol. The van der Waals surface area contributed by atoms with Crippen LogP contribution in [0.25, 0.3) is 22.2 Å². The Kier molecular flexibility index (Phi) is 3.60. The quantitative estimate of drug-likeness (QED) is 0.544. The number of aromatic nitrogens is 2. The van der Waals surface area contributed by atoms with Gasteiger partial charge in [-0.15, -0.1) is 0 Å². The molecule has 0 bridgehead atoms. The van der Waals surface area contributed by atoms with Crippen LogP contribution in [0, 0.1) is 0 Å². The van der Waals surface area contributed by atoms with Crippen LogP contribution >= 0.6 is 0 Å². The summed E-state index contributed by atoms with van der Waals surface area (Å²) in [5.41, 5.74) is 6.03. The van der Waals surface area contributed by atoms with Crippen molar-refractivity contribution < 1.29 is 9.21 Å². The average Bonchev–Trinajstić information content (AvgIpc) is 3.30. The van der Waals surface area contributed by atoms with Crippen LogP contribution in [-0.2, 0) is 20.0 Å². The van der Waals surface area contributed by atoms with Gasteiger partial charge in [0.2, 0.25) is 0 Å². The lowest BCUT2D eigenvalue weighted by atomic mass is 9.99. The van der Waals surface area contributed by atoms with E-state index >= 15 is 0 Å². The summed E-state index contributed by atoms with van der Waals surface area (Å²) in [5, 5.41) is 5.65. The lowest BCUT2D eigenvalue weighted by molar-refractivity contribution is 0.0732. The second kappa shape index (κ2) is 6.13. The van der Waals surface area contributed by atoms with Crippen LogP contribution in [0.2, 0.25) is 0 Å². The first-order valence-corrected chi connectivity index (χ1v) is 9.07. The largest absolute Gasteiger partial charge is 0.464 e. The molecule has 0 radical (unpaired) electrons. The molecule has 27 heavy (non-hydrogen) atoms. The van der Waals surface area contributed by atoms with E-state index in [2.05, 4.69) is 12.1 Å². The number of aryl methyl sites for hydroxylation is 1. The Morgan fingerprint density at radius 1 is 1.11 bits per heavy atom. The van der Waals surface area contributed by atoms with Crippen LogP contribution in [0.4, 0.5) is 0 Å². The molecule has 1 aliphatic heterocycles. The molecule has 1 amide bonds. The Bertz CT molecular complexity index is 1140. The maximum Gasteiger partial charge on any atom is 0.254 e. The summed E-state index contributed by atoms with van der Waals surface area (Å²) in [6, 6.07) is 17.8. The Morgan fingerprint density at radius 3 is 2.81 bits per heavy atom. The molecule has 0 atom stereocenters. The Labute approximate surface area is 156 Å². The summed E-state index contributed by atoms with van der Waals surface area (Å²) in [7, 11) is 1.97. The molecular formula is C22H19N3O2. The van der Waals surface area contributed by atoms with Crippen molar-refractivity contribution in [1.29, 1.82) is 0 Å². The van der Waals surface area contributed by atoms with E-state index in [1.54, 1.807) is 6.26 Å². The number of furan rings is 1. The molecule has 3 heterocycles. The van der Waals surface area contributed by atoms with E-state index in [9.17, 15) is 4.79 Å². The number of hydrogen-bond donors (Lipinski definition) is 0. The molecule has 5 nitrogen and oxygen atoms in total. The van der Waals surface area contributed by atoms with Gasteiger partial charge in [-0.3, -0.25) is 9.48 Å². The second-order valence-corrected chi connectivity index (χ2v) is 6.91. The van der Waals surface area contributed by atoms with Crippen LogP contribution in [0.15, 0.2) is 65.3 Å². The van der Waals surface area contributed by atoms with Crippen molar-refractivity contribution in [1.82, 2.24) is 14.7 Å². The SMILES string of the molecule is Cn1nc2c(c1-c1ccccc1)CCN(C(=O)c1ccc3occc3c1)C2. The lowest BCUT2D eigenvalue weighted by Gasteiger charge is -2.26. The highest BCUT2D eigenvalue weighted by Gasteiger charge is 2.27. The molecular weight excluding hydrogens is 338 g/mol. The van der Waals surface area contributed by atoms with Gasteiger partial charge in [0, 0.05) is 35.7 Å². The molecule has 0 spiro atoms. The van der Waals surface area contributed by atoms with Gasteiger partial charge in [0.05, 0.1) is 24.2 Å². The number of fused-ring (bicyclic) bond motifs is 2. The number of hydrogen-bond acceptors (Lipinski definition) is 3. The topological polar surface area (TPSA) is 51.3 Å². The third-order valence-corrected chi connectivity index (χ3v) is 5.23. The molecule has 2 aromatic carbocycles. The van der Waals surface area contributed by atoms with Crippen molar-refractivity contribution in [2.45, 2.75) is 13.0 Å². The Hall–Kier alpha value is -3.34. The van der Waals surface area contributed by atoms with Gasteiger partial charge in [-0.05, 0) is 30.7 Å². The molecule has 5 rings (SSSR count). The van der Waals surface area contributed by atoms with E-state index < -0.39 is 0 Å². The van der Waals surface area contributed by atoms with E-state index in [-0.39, 0.29) is 5.91 Å². The minimum absolute atomic E-state index is 0.0377. The van der Waals surface area contributed by atoms with Crippen LogP contribution in [0.3, 0.4) is 0 Å². The Balaban J connectivity index is 1.45. The number of amides is 1. The standard InChI is InChI=1S/C22H19N3O2/c1-24-21(15-5-3-2-4-6-15)18-9-11-25(14-19(18)23-24)22(26)17-7-8-20-16(13-17)10-12-27-20/h2-8,10,12-13H,9,11,14H2,1H3. The second-order valence-electron chi connectivity index (χ2n) is 6.91. The molecule has 0 saturated carbocycles. The lowest BCUT2D eigenvalue weighted by Crippen LogP contribution is -2.35. The van der Waals surface area contributed by atoms with Gasteiger partial charge in [-0.25, -0.2) is 0 Å². The van der Waals surface area contributed by atoms with Gasteiger partial charge < -0.3 is 9.32 Å². The summed E-state index contributed by atoms with van der Waals surface area (Å²) < 4.78 is 7.30. The molecule has 134 valence electrons. The summed E-state index contributed by atoms with van der Waals surface area (Å²) in [6.07, 6.45) is 2.46. The van der Waals surface area contributed by atoms with E-state index in [0.717, 1.165) is 28.8 Å². The number of rotatable bonds is 2. The smallest absolute Gasteiger partial charge is 0.254 e. The highest BCUT2D eigenvalue weighted by Crippen LogP contribution is 2.30. The number of carbonyl (C=O) groups is 1. The molecule has 5 heteroatoms. The fourth-order valence-electron chi connectivity index (χ4n) is 3.93. The van der Waals surface area contributed by atoms with E-state index in [1.165, 1.54) is 11.1 Å². The molecule has 2 aromatic heterocycles. The zero-order valence-corrected chi connectivity index (χ0v) is 15.1. The summed E-state index contributed by atoms with van der Waals surface area (Å²) >= 11 is 0.